The maximum absolute atomic E-state index is 12.0. The van der Waals surface area contributed by atoms with Gasteiger partial charge < -0.3 is 5.73 Å². The Labute approximate surface area is 98.6 Å². The molecule has 5 nitrogen and oxygen atoms in total. The Balaban J connectivity index is 2.67. The minimum absolute atomic E-state index is 0.173. The second-order valence-corrected chi connectivity index (χ2v) is 6.73. The van der Waals surface area contributed by atoms with E-state index >= 15 is 0 Å². The SMILES string of the molecule is CC1CN(S(=O)(=O)CCCN)CC(C)N1C. The molecule has 0 aromatic carbocycles. The predicted molar refractivity (Wildman–Crippen MR) is 65.7 cm³/mol. The van der Waals surface area contributed by atoms with Crippen molar-refractivity contribution in [1.29, 1.82) is 0 Å². The molecule has 0 amide bonds. The predicted octanol–water partition coefficient (Wildman–Crippen LogP) is -0.311. The Morgan fingerprint density at radius 2 is 1.75 bits per heavy atom. The van der Waals surface area contributed by atoms with E-state index in [2.05, 4.69) is 18.7 Å². The highest BCUT2D eigenvalue weighted by Gasteiger charge is 2.32. The summed E-state index contributed by atoms with van der Waals surface area (Å²) in [5.74, 6) is 0.173. The first kappa shape index (κ1) is 13.9. The maximum Gasteiger partial charge on any atom is 0.214 e. The number of rotatable bonds is 4. The molecule has 0 spiro atoms. The van der Waals surface area contributed by atoms with E-state index in [0.29, 0.717) is 26.1 Å². The van der Waals surface area contributed by atoms with Crippen molar-refractivity contribution < 1.29 is 8.42 Å². The Morgan fingerprint density at radius 1 is 1.25 bits per heavy atom. The van der Waals surface area contributed by atoms with Gasteiger partial charge >= 0.3 is 0 Å². The molecule has 6 heteroatoms. The first-order valence-corrected chi connectivity index (χ1v) is 7.39. The number of piperazine rings is 1. The Bertz CT molecular complexity index is 306. The van der Waals surface area contributed by atoms with E-state index in [4.69, 9.17) is 5.73 Å². The summed E-state index contributed by atoms with van der Waals surface area (Å²) < 4.78 is 25.6. The standard InChI is InChI=1S/C10H23N3O2S/c1-9-7-13(8-10(2)12(9)3)16(14,15)6-4-5-11/h9-10H,4-8,11H2,1-3H3. The third-order valence-corrected chi connectivity index (χ3v) is 5.22. The van der Waals surface area contributed by atoms with Crippen molar-refractivity contribution in [2.45, 2.75) is 32.4 Å². The molecule has 1 fully saturated rings. The van der Waals surface area contributed by atoms with Crippen molar-refractivity contribution in [3.8, 4) is 0 Å². The summed E-state index contributed by atoms with van der Waals surface area (Å²) in [5.41, 5.74) is 5.35. The van der Waals surface area contributed by atoms with Crippen LogP contribution in [0.2, 0.25) is 0 Å². The Hall–Kier alpha value is -0.170. The first-order chi connectivity index (χ1) is 7.38. The Kier molecular flexibility index (Phi) is 4.73. The molecule has 0 bridgehead atoms. The lowest BCUT2D eigenvalue weighted by Crippen LogP contribution is -2.56. The van der Waals surface area contributed by atoms with E-state index in [1.165, 1.54) is 0 Å². The zero-order chi connectivity index (χ0) is 12.3. The van der Waals surface area contributed by atoms with E-state index in [9.17, 15) is 8.42 Å². The van der Waals surface area contributed by atoms with Gasteiger partial charge in [0.25, 0.3) is 0 Å². The van der Waals surface area contributed by atoms with Gasteiger partial charge in [-0.05, 0) is 33.9 Å². The number of hydrogen-bond acceptors (Lipinski definition) is 4. The number of nitrogens with zero attached hydrogens (tertiary/aromatic N) is 2. The fourth-order valence-corrected chi connectivity index (χ4v) is 3.65. The van der Waals surface area contributed by atoms with Crippen LogP contribution >= 0.6 is 0 Å². The van der Waals surface area contributed by atoms with E-state index in [0.717, 1.165) is 0 Å². The molecular weight excluding hydrogens is 226 g/mol. The summed E-state index contributed by atoms with van der Waals surface area (Å²) in [6.45, 7) is 5.72. The topological polar surface area (TPSA) is 66.6 Å². The first-order valence-electron chi connectivity index (χ1n) is 5.78. The normalized spacial score (nSPS) is 29.5. The van der Waals surface area contributed by atoms with Crippen molar-refractivity contribution in [3.05, 3.63) is 0 Å². The second-order valence-electron chi connectivity index (χ2n) is 4.64. The van der Waals surface area contributed by atoms with Crippen LogP contribution in [0.5, 0.6) is 0 Å². The lowest BCUT2D eigenvalue weighted by molar-refractivity contribution is 0.105. The lowest BCUT2D eigenvalue weighted by atomic mass is 10.1. The molecule has 0 saturated carbocycles. The fraction of sp³-hybridized carbons (Fsp3) is 1.00. The van der Waals surface area contributed by atoms with Crippen LogP contribution < -0.4 is 5.73 Å². The largest absolute Gasteiger partial charge is 0.330 e. The molecule has 0 radical (unpaired) electrons. The smallest absolute Gasteiger partial charge is 0.214 e. The maximum atomic E-state index is 12.0. The molecule has 1 rings (SSSR count). The molecule has 16 heavy (non-hydrogen) atoms. The van der Waals surface area contributed by atoms with Gasteiger partial charge in [0.05, 0.1) is 5.75 Å². The van der Waals surface area contributed by atoms with Crippen molar-refractivity contribution in [1.82, 2.24) is 9.21 Å². The average molecular weight is 249 g/mol. The van der Waals surface area contributed by atoms with Gasteiger partial charge in [0.1, 0.15) is 0 Å². The van der Waals surface area contributed by atoms with Crippen LogP contribution in [-0.4, -0.2) is 62.1 Å². The summed E-state index contributed by atoms with van der Waals surface area (Å²) >= 11 is 0. The molecule has 0 aromatic heterocycles. The quantitative estimate of drug-likeness (QED) is 0.742. The van der Waals surface area contributed by atoms with Gasteiger partial charge in [0.2, 0.25) is 10.0 Å². The lowest BCUT2D eigenvalue weighted by Gasteiger charge is -2.41. The molecule has 2 N–H and O–H groups in total. The minimum Gasteiger partial charge on any atom is -0.330 e. The summed E-state index contributed by atoms with van der Waals surface area (Å²) in [5, 5.41) is 0. The van der Waals surface area contributed by atoms with Crippen LogP contribution in [0.25, 0.3) is 0 Å². The number of likely N-dealkylation sites (N-methyl/N-ethyl adjacent to an activating group) is 1. The zero-order valence-electron chi connectivity index (χ0n) is 10.4. The third-order valence-electron chi connectivity index (χ3n) is 3.33. The highest BCUT2D eigenvalue weighted by atomic mass is 32.2. The highest BCUT2D eigenvalue weighted by molar-refractivity contribution is 7.89. The van der Waals surface area contributed by atoms with Gasteiger partial charge in [-0.1, -0.05) is 0 Å². The molecule has 1 aliphatic rings. The number of sulfonamides is 1. The van der Waals surface area contributed by atoms with Crippen molar-refractivity contribution in [3.63, 3.8) is 0 Å². The third kappa shape index (κ3) is 3.16. The summed E-state index contributed by atoms with van der Waals surface area (Å²) in [7, 11) is -1.07. The molecule has 2 unspecified atom stereocenters. The fourth-order valence-electron chi connectivity index (χ4n) is 1.98. The van der Waals surface area contributed by atoms with Crippen LogP contribution in [0.1, 0.15) is 20.3 Å². The average Bonchev–Trinajstić information content (AvgIpc) is 2.22. The van der Waals surface area contributed by atoms with Crippen LogP contribution in [-0.2, 0) is 10.0 Å². The molecule has 0 aliphatic carbocycles. The van der Waals surface area contributed by atoms with E-state index in [1.807, 2.05) is 7.05 Å². The van der Waals surface area contributed by atoms with Gasteiger partial charge in [-0.15, -0.1) is 0 Å². The van der Waals surface area contributed by atoms with Crippen LogP contribution in [0.15, 0.2) is 0 Å². The van der Waals surface area contributed by atoms with Gasteiger partial charge in [-0.3, -0.25) is 4.90 Å². The minimum atomic E-state index is -3.11. The van der Waals surface area contributed by atoms with Gasteiger partial charge in [0, 0.05) is 25.2 Å². The summed E-state index contributed by atoms with van der Waals surface area (Å²) in [4.78, 5) is 2.22. The summed E-state index contributed by atoms with van der Waals surface area (Å²) in [6.07, 6.45) is 0.539. The van der Waals surface area contributed by atoms with E-state index < -0.39 is 10.0 Å². The molecule has 1 aliphatic heterocycles. The number of nitrogens with two attached hydrogens (primary N) is 1. The molecule has 2 atom stereocenters. The number of hydrogen-bond donors (Lipinski definition) is 1. The van der Waals surface area contributed by atoms with Crippen LogP contribution in [0.4, 0.5) is 0 Å². The highest BCUT2D eigenvalue weighted by Crippen LogP contribution is 2.17. The molecule has 1 saturated heterocycles. The molecule has 0 aromatic rings. The van der Waals surface area contributed by atoms with Gasteiger partial charge in [-0.25, -0.2) is 8.42 Å². The molecule has 1 heterocycles. The van der Waals surface area contributed by atoms with Crippen LogP contribution in [0, 0.1) is 0 Å². The van der Waals surface area contributed by atoms with Crippen molar-refractivity contribution in [2.75, 3.05) is 32.4 Å². The monoisotopic (exact) mass is 249 g/mol. The van der Waals surface area contributed by atoms with Crippen molar-refractivity contribution in [2.24, 2.45) is 5.73 Å². The van der Waals surface area contributed by atoms with Crippen molar-refractivity contribution >= 4 is 10.0 Å². The zero-order valence-corrected chi connectivity index (χ0v) is 11.2. The molecular formula is C10H23N3O2S. The molecule has 96 valence electrons. The second kappa shape index (κ2) is 5.44. The van der Waals surface area contributed by atoms with Gasteiger partial charge in [0.15, 0.2) is 0 Å². The van der Waals surface area contributed by atoms with E-state index in [1.54, 1.807) is 4.31 Å². The summed E-state index contributed by atoms with van der Waals surface area (Å²) in [6, 6.07) is 0.549. The van der Waals surface area contributed by atoms with Crippen LogP contribution in [0.3, 0.4) is 0 Å². The Morgan fingerprint density at radius 3 is 2.19 bits per heavy atom. The van der Waals surface area contributed by atoms with Gasteiger partial charge in [-0.2, -0.15) is 4.31 Å². The van der Waals surface area contributed by atoms with E-state index in [-0.39, 0.29) is 17.8 Å².